The second-order valence-electron chi connectivity index (χ2n) is 4.33. The fourth-order valence-corrected chi connectivity index (χ4v) is 4.18. The van der Waals surface area contributed by atoms with Crippen LogP contribution >= 0.6 is 11.3 Å². The van der Waals surface area contributed by atoms with Crippen molar-refractivity contribution in [3.63, 3.8) is 0 Å². The molecule has 2 rings (SSSR count). The summed E-state index contributed by atoms with van der Waals surface area (Å²) in [6, 6.07) is 9.17. The molecule has 100 valence electrons. The Labute approximate surface area is 118 Å². The molecule has 19 heavy (non-hydrogen) atoms. The zero-order valence-corrected chi connectivity index (χ0v) is 12.3. The maximum Gasteiger partial charge on any atom is 0.345 e. The molecule has 0 spiro atoms. The second kappa shape index (κ2) is 5.67. The molecule has 1 atom stereocenters. The van der Waals surface area contributed by atoms with Crippen LogP contribution in [0.5, 0.6) is 0 Å². The molecule has 0 aliphatic rings. The number of rotatable bonds is 4. The van der Waals surface area contributed by atoms with Crippen LogP contribution in [-0.2, 0) is 16.6 Å². The summed E-state index contributed by atoms with van der Waals surface area (Å²) in [5.74, 6) is -0.573. The van der Waals surface area contributed by atoms with E-state index in [0.717, 1.165) is 20.9 Å². The van der Waals surface area contributed by atoms with Crippen molar-refractivity contribution in [3.05, 3.63) is 51.2 Å². The van der Waals surface area contributed by atoms with Crippen molar-refractivity contribution in [3.8, 4) is 0 Å². The summed E-state index contributed by atoms with van der Waals surface area (Å²) in [4.78, 5) is 12.7. The molecule has 0 bridgehead atoms. The Bertz CT molecular complexity index is 644. The van der Waals surface area contributed by atoms with Gasteiger partial charge >= 0.3 is 5.97 Å². The maximum absolute atomic E-state index is 12.3. The summed E-state index contributed by atoms with van der Waals surface area (Å²) in [6.45, 7) is 3.90. The third-order valence-corrected chi connectivity index (χ3v) is 5.49. The fourth-order valence-electron chi connectivity index (χ4n) is 1.73. The summed E-state index contributed by atoms with van der Waals surface area (Å²) >= 11 is 1.18. The number of aromatic carboxylic acids is 1. The molecule has 0 amide bonds. The van der Waals surface area contributed by atoms with Crippen molar-refractivity contribution in [2.24, 2.45) is 0 Å². The van der Waals surface area contributed by atoms with Crippen LogP contribution in [0.25, 0.3) is 0 Å². The van der Waals surface area contributed by atoms with Gasteiger partial charge in [0.2, 0.25) is 0 Å². The van der Waals surface area contributed by atoms with Gasteiger partial charge in [0.25, 0.3) is 0 Å². The minimum absolute atomic E-state index is 0.285. The van der Waals surface area contributed by atoms with Crippen LogP contribution in [0.2, 0.25) is 0 Å². The topological polar surface area (TPSA) is 54.4 Å². The summed E-state index contributed by atoms with van der Waals surface area (Å²) < 4.78 is 12.3. The molecule has 1 heterocycles. The summed E-state index contributed by atoms with van der Waals surface area (Å²) in [5, 5.41) is 8.86. The highest BCUT2D eigenvalue weighted by Crippen LogP contribution is 2.22. The zero-order valence-electron chi connectivity index (χ0n) is 10.7. The highest BCUT2D eigenvalue weighted by molar-refractivity contribution is 7.84. The number of thiophene rings is 1. The molecular formula is C14H14O3S2. The van der Waals surface area contributed by atoms with Crippen molar-refractivity contribution in [2.45, 2.75) is 24.5 Å². The number of hydrogen-bond donors (Lipinski definition) is 1. The van der Waals surface area contributed by atoms with Gasteiger partial charge in [0.15, 0.2) is 0 Å². The third-order valence-electron chi connectivity index (χ3n) is 2.73. The van der Waals surface area contributed by atoms with Crippen LogP contribution in [0, 0.1) is 13.8 Å². The predicted molar refractivity (Wildman–Crippen MR) is 77.3 cm³/mol. The van der Waals surface area contributed by atoms with Crippen LogP contribution in [0.3, 0.4) is 0 Å². The van der Waals surface area contributed by atoms with Crippen LogP contribution in [0.1, 0.15) is 25.7 Å². The van der Waals surface area contributed by atoms with Gasteiger partial charge in [0.05, 0.1) is 16.6 Å². The van der Waals surface area contributed by atoms with Crippen molar-refractivity contribution in [1.29, 1.82) is 0 Å². The normalized spacial score (nSPS) is 12.3. The Hall–Kier alpha value is -1.46. The van der Waals surface area contributed by atoms with Crippen molar-refractivity contribution in [2.75, 3.05) is 0 Å². The second-order valence-corrected chi connectivity index (χ2v) is 6.92. The molecule has 1 aromatic heterocycles. The summed E-state index contributed by atoms with van der Waals surface area (Å²) in [6.07, 6.45) is 0. The Balaban J connectivity index is 2.20. The molecule has 0 fully saturated rings. The molecule has 0 aliphatic heterocycles. The van der Waals surface area contributed by atoms with E-state index in [0.29, 0.717) is 5.75 Å². The number of hydrogen-bond acceptors (Lipinski definition) is 3. The molecule has 1 aromatic carbocycles. The Morgan fingerprint density at radius 2 is 2.00 bits per heavy atom. The van der Waals surface area contributed by atoms with E-state index in [4.69, 9.17) is 5.11 Å². The molecule has 0 saturated heterocycles. The Morgan fingerprint density at radius 3 is 2.63 bits per heavy atom. The Kier molecular flexibility index (Phi) is 4.17. The van der Waals surface area contributed by atoms with Gasteiger partial charge in [-0.15, -0.1) is 11.3 Å². The highest BCUT2D eigenvalue weighted by atomic mass is 32.2. The monoisotopic (exact) mass is 294 g/mol. The maximum atomic E-state index is 12.3. The van der Waals surface area contributed by atoms with E-state index >= 15 is 0 Å². The Morgan fingerprint density at radius 1 is 1.26 bits per heavy atom. The standard InChI is InChI=1S/C14H14O3S2/c1-9-3-4-10(2)13(7-9)19(17)8-11-5-6-12(18-11)14(15)16/h3-7H,8H2,1-2H3,(H,15,16). The lowest BCUT2D eigenvalue weighted by Gasteiger charge is -2.06. The summed E-state index contributed by atoms with van der Waals surface area (Å²) in [7, 11) is -1.14. The minimum Gasteiger partial charge on any atom is -0.477 e. The number of carbonyl (C=O) groups is 1. The number of aryl methyl sites for hydroxylation is 2. The van der Waals surface area contributed by atoms with E-state index in [2.05, 4.69) is 0 Å². The van der Waals surface area contributed by atoms with Gasteiger partial charge in [0.1, 0.15) is 4.88 Å². The molecule has 1 N–H and O–H groups in total. The molecule has 0 aliphatic carbocycles. The largest absolute Gasteiger partial charge is 0.477 e. The van der Waals surface area contributed by atoms with Crippen molar-refractivity contribution in [1.82, 2.24) is 0 Å². The average molecular weight is 294 g/mol. The summed E-state index contributed by atoms with van der Waals surface area (Å²) in [5.41, 5.74) is 2.07. The lowest BCUT2D eigenvalue weighted by molar-refractivity contribution is 0.0702. The van der Waals surface area contributed by atoms with Gasteiger partial charge in [-0.05, 0) is 43.2 Å². The molecule has 2 aromatic rings. The quantitative estimate of drug-likeness (QED) is 0.940. The lowest BCUT2D eigenvalue weighted by Crippen LogP contribution is -1.98. The number of carboxylic acid groups (broad SMARTS) is 1. The molecular weight excluding hydrogens is 280 g/mol. The van der Waals surface area contributed by atoms with E-state index in [1.165, 1.54) is 11.3 Å². The highest BCUT2D eigenvalue weighted by Gasteiger charge is 2.12. The number of carboxylic acids is 1. The van der Waals surface area contributed by atoms with Crippen molar-refractivity contribution >= 4 is 28.1 Å². The van der Waals surface area contributed by atoms with E-state index in [-0.39, 0.29) is 4.88 Å². The van der Waals surface area contributed by atoms with Gasteiger partial charge < -0.3 is 5.11 Å². The number of benzene rings is 1. The van der Waals surface area contributed by atoms with E-state index in [9.17, 15) is 9.00 Å². The first-order valence-electron chi connectivity index (χ1n) is 5.75. The van der Waals surface area contributed by atoms with Crippen LogP contribution in [-0.4, -0.2) is 15.3 Å². The van der Waals surface area contributed by atoms with E-state index < -0.39 is 16.8 Å². The average Bonchev–Trinajstić information content (AvgIpc) is 2.80. The smallest absolute Gasteiger partial charge is 0.345 e. The molecule has 1 unspecified atom stereocenters. The SMILES string of the molecule is Cc1ccc(C)c(S(=O)Cc2ccc(C(=O)O)s2)c1. The van der Waals surface area contributed by atoms with E-state index in [1.54, 1.807) is 12.1 Å². The lowest BCUT2D eigenvalue weighted by atomic mass is 10.2. The fraction of sp³-hybridized carbons (Fsp3) is 0.214. The first kappa shape index (κ1) is 14.0. The zero-order chi connectivity index (χ0) is 14.0. The van der Waals surface area contributed by atoms with Crippen LogP contribution in [0.4, 0.5) is 0 Å². The minimum atomic E-state index is -1.14. The van der Waals surface area contributed by atoms with Gasteiger partial charge in [-0.2, -0.15) is 0 Å². The molecule has 0 radical (unpaired) electrons. The molecule has 0 saturated carbocycles. The van der Waals surface area contributed by atoms with Crippen molar-refractivity contribution < 1.29 is 14.1 Å². The van der Waals surface area contributed by atoms with E-state index in [1.807, 2.05) is 32.0 Å². The van der Waals surface area contributed by atoms with Crippen LogP contribution in [0.15, 0.2) is 35.2 Å². The predicted octanol–water partition coefficient (Wildman–Crippen LogP) is 3.37. The van der Waals surface area contributed by atoms with Gasteiger partial charge in [-0.25, -0.2) is 4.79 Å². The molecule has 3 nitrogen and oxygen atoms in total. The van der Waals surface area contributed by atoms with Gasteiger partial charge in [0, 0.05) is 9.77 Å². The van der Waals surface area contributed by atoms with Crippen LogP contribution < -0.4 is 0 Å². The van der Waals surface area contributed by atoms with Gasteiger partial charge in [-0.1, -0.05) is 12.1 Å². The molecule has 5 heteroatoms. The first-order chi connectivity index (χ1) is 8.97. The first-order valence-corrected chi connectivity index (χ1v) is 7.88. The third kappa shape index (κ3) is 3.30. The van der Waals surface area contributed by atoms with Gasteiger partial charge in [-0.3, -0.25) is 4.21 Å².